The van der Waals surface area contributed by atoms with Crippen LogP contribution in [0.25, 0.3) is 0 Å². The molecule has 13 heavy (non-hydrogen) atoms. The smallest absolute Gasteiger partial charge is 0.0773 e. The Balaban J connectivity index is 1.89. The monoisotopic (exact) mass is 177 g/mol. The lowest BCUT2D eigenvalue weighted by Gasteiger charge is -2.38. The van der Waals surface area contributed by atoms with Crippen LogP contribution in [0.4, 0.5) is 0 Å². The predicted octanol–water partition coefficient (Wildman–Crippen LogP) is 1.23. The molecule has 1 aromatic rings. The molecule has 3 heteroatoms. The van der Waals surface area contributed by atoms with E-state index in [2.05, 4.69) is 34.4 Å². The second-order valence-corrected chi connectivity index (χ2v) is 3.66. The molecule has 0 N–H and O–H groups in total. The average molecular weight is 177 g/mol. The fraction of sp³-hybridized carbons (Fsp3) is 0.500. The lowest BCUT2D eigenvalue weighted by Crippen LogP contribution is -2.47. The van der Waals surface area contributed by atoms with Crippen LogP contribution in [0.15, 0.2) is 25.0 Å². The number of aryl methyl sites for hydroxylation is 1. The van der Waals surface area contributed by atoms with Crippen LogP contribution >= 0.6 is 0 Å². The fourth-order valence-electron chi connectivity index (χ4n) is 1.67. The molecule has 3 nitrogen and oxygen atoms in total. The topological polar surface area (TPSA) is 21.1 Å². The molecule has 0 bridgehead atoms. The van der Waals surface area contributed by atoms with Crippen LogP contribution < -0.4 is 0 Å². The summed E-state index contributed by atoms with van der Waals surface area (Å²) in [5.41, 5.74) is 1.24. The highest BCUT2D eigenvalue weighted by Crippen LogP contribution is 2.19. The van der Waals surface area contributed by atoms with Gasteiger partial charge in [0.05, 0.1) is 12.2 Å². The van der Waals surface area contributed by atoms with Gasteiger partial charge in [-0.15, -0.1) is 6.58 Å². The molecule has 0 aromatic carbocycles. The van der Waals surface area contributed by atoms with Crippen molar-refractivity contribution in [3.8, 4) is 0 Å². The Bertz CT molecular complexity index is 297. The molecule has 1 fully saturated rings. The van der Waals surface area contributed by atoms with Crippen LogP contribution in [0.5, 0.6) is 0 Å². The van der Waals surface area contributed by atoms with E-state index in [-0.39, 0.29) is 0 Å². The van der Waals surface area contributed by atoms with Gasteiger partial charge in [-0.05, 0) is 12.5 Å². The molecule has 1 aliphatic heterocycles. The molecule has 1 saturated heterocycles. The van der Waals surface area contributed by atoms with Crippen molar-refractivity contribution in [2.24, 2.45) is 0 Å². The number of hydrogen-bond donors (Lipinski definition) is 0. The van der Waals surface area contributed by atoms with E-state index in [1.165, 1.54) is 5.56 Å². The first-order chi connectivity index (χ1) is 6.29. The summed E-state index contributed by atoms with van der Waals surface area (Å²) in [7, 11) is 0. The molecule has 0 saturated carbocycles. The van der Waals surface area contributed by atoms with Crippen LogP contribution in [0, 0.1) is 6.92 Å². The summed E-state index contributed by atoms with van der Waals surface area (Å²) >= 11 is 0. The van der Waals surface area contributed by atoms with Crippen molar-refractivity contribution in [1.82, 2.24) is 14.7 Å². The Morgan fingerprint density at radius 3 is 3.00 bits per heavy atom. The SMILES string of the molecule is C=CCN1CC(n2cc(C)cn2)C1. The molecule has 1 aromatic heterocycles. The second-order valence-electron chi connectivity index (χ2n) is 3.66. The van der Waals surface area contributed by atoms with Gasteiger partial charge in [-0.3, -0.25) is 9.58 Å². The van der Waals surface area contributed by atoms with Crippen LogP contribution in [0.2, 0.25) is 0 Å². The van der Waals surface area contributed by atoms with Crippen molar-refractivity contribution in [2.45, 2.75) is 13.0 Å². The van der Waals surface area contributed by atoms with Gasteiger partial charge in [-0.2, -0.15) is 5.10 Å². The summed E-state index contributed by atoms with van der Waals surface area (Å²) in [4.78, 5) is 2.36. The van der Waals surface area contributed by atoms with E-state index in [9.17, 15) is 0 Å². The maximum atomic E-state index is 4.30. The van der Waals surface area contributed by atoms with E-state index in [1.807, 2.05) is 12.3 Å². The number of rotatable bonds is 3. The van der Waals surface area contributed by atoms with Crippen LogP contribution in [-0.4, -0.2) is 34.3 Å². The molecule has 0 atom stereocenters. The van der Waals surface area contributed by atoms with Crippen molar-refractivity contribution in [3.05, 3.63) is 30.6 Å². The number of aromatic nitrogens is 2. The maximum Gasteiger partial charge on any atom is 0.0773 e. The molecule has 1 aliphatic rings. The van der Waals surface area contributed by atoms with Crippen molar-refractivity contribution in [2.75, 3.05) is 19.6 Å². The molecule has 0 aliphatic carbocycles. The molecule has 0 radical (unpaired) electrons. The minimum absolute atomic E-state index is 0.577. The molecule has 0 spiro atoms. The van der Waals surface area contributed by atoms with Gasteiger partial charge in [0, 0.05) is 25.8 Å². The van der Waals surface area contributed by atoms with Crippen molar-refractivity contribution < 1.29 is 0 Å². The molecule has 70 valence electrons. The van der Waals surface area contributed by atoms with E-state index < -0.39 is 0 Å². The normalized spacial score (nSPS) is 18.5. The molecular formula is C10H15N3. The highest BCUT2D eigenvalue weighted by molar-refractivity contribution is 5.02. The highest BCUT2D eigenvalue weighted by atomic mass is 15.4. The Labute approximate surface area is 78.7 Å². The van der Waals surface area contributed by atoms with Gasteiger partial charge in [0.1, 0.15) is 0 Å². The Morgan fingerprint density at radius 1 is 1.69 bits per heavy atom. The maximum absolute atomic E-state index is 4.30. The largest absolute Gasteiger partial charge is 0.295 e. The molecular weight excluding hydrogens is 162 g/mol. The summed E-state index contributed by atoms with van der Waals surface area (Å²) in [5, 5.41) is 4.30. The van der Waals surface area contributed by atoms with Gasteiger partial charge in [-0.1, -0.05) is 6.08 Å². The van der Waals surface area contributed by atoms with Crippen molar-refractivity contribution in [1.29, 1.82) is 0 Å². The molecule has 2 heterocycles. The zero-order chi connectivity index (χ0) is 9.26. The predicted molar refractivity (Wildman–Crippen MR) is 52.6 cm³/mol. The lowest BCUT2D eigenvalue weighted by atomic mass is 10.1. The van der Waals surface area contributed by atoms with Gasteiger partial charge >= 0.3 is 0 Å². The highest BCUT2D eigenvalue weighted by Gasteiger charge is 2.27. The first kappa shape index (κ1) is 8.51. The van der Waals surface area contributed by atoms with E-state index >= 15 is 0 Å². The first-order valence-corrected chi connectivity index (χ1v) is 4.63. The third-order valence-corrected chi connectivity index (χ3v) is 2.43. The van der Waals surface area contributed by atoms with Crippen LogP contribution in [0.1, 0.15) is 11.6 Å². The third kappa shape index (κ3) is 1.65. The zero-order valence-corrected chi connectivity index (χ0v) is 7.98. The van der Waals surface area contributed by atoms with Crippen molar-refractivity contribution in [3.63, 3.8) is 0 Å². The van der Waals surface area contributed by atoms with Gasteiger partial charge < -0.3 is 0 Å². The van der Waals surface area contributed by atoms with Crippen molar-refractivity contribution >= 4 is 0 Å². The number of nitrogens with zero attached hydrogens (tertiary/aromatic N) is 3. The minimum atomic E-state index is 0.577. The number of hydrogen-bond acceptors (Lipinski definition) is 2. The van der Waals surface area contributed by atoms with Gasteiger partial charge in [-0.25, -0.2) is 0 Å². The molecule has 0 unspecified atom stereocenters. The fourth-order valence-corrected chi connectivity index (χ4v) is 1.67. The standard InChI is InChI=1S/C10H15N3/c1-3-4-12-7-10(8-12)13-6-9(2)5-11-13/h3,5-6,10H,1,4,7-8H2,2H3. The van der Waals surface area contributed by atoms with E-state index in [0.29, 0.717) is 6.04 Å². The Kier molecular flexibility index (Phi) is 2.19. The van der Waals surface area contributed by atoms with Crippen LogP contribution in [-0.2, 0) is 0 Å². The van der Waals surface area contributed by atoms with E-state index in [1.54, 1.807) is 0 Å². The summed E-state index contributed by atoms with van der Waals surface area (Å²) < 4.78 is 2.06. The second kappa shape index (κ2) is 3.34. The van der Waals surface area contributed by atoms with Gasteiger partial charge in [0.25, 0.3) is 0 Å². The van der Waals surface area contributed by atoms with Gasteiger partial charge in [0.15, 0.2) is 0 Å². The summed E-state index contributed by atoms with van der Waals surface area (Å²) in [6, 6.07) is 0.577. The lowest BCUT2D eigenvalue weighted by molar-refractivity contribution is 0.113. The quantitative estimate of drug-likeness (QED) is 0.648. The van der Waals surface area contributed by atoms with Gasteiger partial charge in [0.2, 0.25) is 0 Å². The van der Waals surface area contributed by atoms with E-state index in [0.717, 1.165) is 19.6 Å². The third-order valence-electron chi connectivity index (χ3n) is 2.43. The molecule has 0 amide bonds. The molecule has 2 rings (SSSR count). The first-order valence-electron chi connectivity index (χ1n) is 4.63. The summed E-state index contributed by atoms with van der Waals surface area (Å²) in [6.45, 7) is 9.00. The summed E-state index contributed by atoms with van der Waals surface area (Å²) in [5.74, 6) is 0. The average Bonchev–Trinajstić information content (AvgIpc) is 2.43. The van der Waals surface area contributed by atoms with E-state index in [4.69, 9.17) is 0 Å². The number of likely N-dealkylation sites (tertiary alicyclic amines) is 1. The minimum Gasteiger partial charge on any atom is -0.295 e. The summed E-state index contributed by atoms with van der Waals surface area (Å²) in [6.07, 6.45) is 5.97. The Hall–Kier alpha value is -1.09. The zero-order valence-electron chi connectivity index (χ0n) is 7.98. The Morgan fingerprint density at radius 2 is 2.46 bits per heavy atom. The van der Waals surface area contributed by atoms with Crippen LogP contribution in [0.3, 0.4) is 0 Å².